The molecule has 3 heteroatoms. The van der Waals surface area contributed by atoms with Gasteiger partial charge in [0, 0.05) is 12.5 Å². The van der Waals surface area contributed by atoms with Crippen molar-refractivity contribution in [1.29, 1.82) is 0 Å². The molecule has 58 valence electrons. The summed E-state index contributed by atoms with van der Waals surface area (Å²) >= 11 is 4.99. The molecule has 0 spiro atoms. The third kappa shape index (κ3) is 1.28. The van der Waals surface area contributed by atoms with Crippen LogP contribution in [0.3, 0.4) is 0 Å². The highest BCUT2D eigenvalue weighted by Crippen LogP contribution is 2.13. The molecule has 2 nitrogen and oxygen atoms in total. The predicted octanol–water partition coefficient (Wildman–Crippen LogP) is 0.575. The van der Waals surface area contributed by atoms with E-state index >= 15 is 0 Å². The molecule has 0 aromatic carbocycles. The fraction of sp³-hybridized carbons (Fsp3) is 0.375. The summed E-state index contributed by atoms with van der Waals surface area (Å²) in [6.45, 7) is 0.956. The summed E-state index contributed by atoms with van der Waals surface area (Å²) in [6.07, 6.45) is 8.49. The number of fused-ring (bicyclic) bond motifs is 1. The van der Waals surface area contributed by atoms with Crippen LogP contribution in [0.5, 0.6) is 0 Å². The summed E-state index contributed by atoms with van der Waals surface area (Å²) in [6, 6.07) is 0.411. The van der Waals surface area contributed by atoms with E-state index in [0.717, 1.165) is 11.7 Å². The Morgan fingerprint density at radius 3 is 3.09 bits per heavy atom. The van der Waals surface area contributed by atoms with Crippen LogP contribution in [0, 0.1) is 5.92 Å². The van der Waals surface area contributed by atoms with Crippen molar-refractivity contribution in [3.63, 3.8) is 0 Å². The molecule has 1 fully saturated rings. The Balaban J connectivity index is 2.12. The molecule has 0 bridgehead atoms. The molecule has 1 aliphatic heterocycles. The van der Waals surface area contributed by atoms with Crippen molar-refractivity contribution < 1.29 is 0 Å². The van der Waals surface area contributed by atoms with Gasteiger partial charge >= 0.3 is 0 Å². The van der Waals surface area contributed by atoms with Crippen LogP contribution in [-0.2, 0) is 0 Å². The highest BCUT2D eigenvalue weighted by atomic mass is 32.1. The average Bonchev–Trinajstić information content (AvgIpc) is 2.04. The van der Waals surface area contributed by atoms with Crippen LogP contribution in [-0.4, -0.2) is 17.7 Å². The highest BCUT2D eigenvalue weighted by Gasteiger charge is 2.23. The molecule has 1 aliphatic carbocycles. The minimum atomic E-state index is 0.411. The maximum atomic E-state index is 4.99. The van der Waals surface area contributed by atoms with Crippen molar-refractivity contribution in [2.45, 2.75) is 6.04 Å². The van der Waals surface area contributed by atoms with Crippen molar-refractivity contribution in [3.05, 3.63) is 24.3 Å². The molecule has 1 saturated heterocycles. The number of rotatable bonds is 0. The maximum Gasteiger partial charge on any atom is 0.166 e. The Bertz CT molecular complexity index is 232. The zero-order chi connectivity index (χ0) is 7.68. The first kappa shape index (κ1) is 6.85. The topological polar surface area (TPSA) is 24.1 Å². The molecule has 0 amide bonds. The SMILES string of the molecule is S=C1NCC2C=CC=CC2N1. The van der Waals surface area contributed by atoms with Gasteiger partial charge in [-0.3, -0.25) is 0 Å². The van der Waals surface area contributed by atoms with Gasteiger partial charge in [0.25, 0.3) is 0 Å². The minimum Gasteiger partial charge on any atom is -0.362 e. The quantitative estimate of drug-likeness (QED) is 0.515. The second kappa shape index (κ2) is 2.66. The zero-order valence-electron chi connectivity index (χ0n) is 6.08. The van der Waals surface area contributed by atoms with Crippen molar-refractivity contribution in [1.82, 2.24) is 10.6 Å². The second-order valence-corrected chi connectivity index (χ2v) is 3.22. The molecule has 1 heterocycles. The fourth-order valence-electron chi connectivity index (χ4n) is 1.42. The first-order chi connectivity index (χ1) is 5.36. The van der Waals surface area contributed by atoms with Gasteiger partial charge in [-0.15, -0.1) is 0 Å². The van der Waals surface area contributed by atoms with Crippen molar-refractivity contribution in [3.8, 4) is 0 Å². The summed E-state index contributed by atoms with van der Waals surface area (Å²) in [4.78, 5) is 0. The van der Waals surface area contributed by atoms with E-state index in [4.69, 9.17) is 12.2 Å². The van der Waals surface area contributed by atoms with Gasteiger partial charge in [0.2, 0.25) is 0 Å². The van der Waals surface area contributed by atoms with E-state index < -0.39 is 0 Å². The van der Waals surface area contributed by atoms with Gasteiger partial charge in [-0.05, 0) is 12.2 Å². The Hall–Kier alpha value is -0.830. The van der Waals surface area contributed by atoms with Crippen LogP contribution in [0.15, 0.2) is 24.3 Å². The Morgan fingerprint density at radius 2 is 2.18 bits per heavy atom. The third-order valence-electron chi connectivity index (χ3n) is 2.05. The number of allylic oxidation sites excluding steroid dienone is 2. The first-order valence-electron chi connectivity index (χ1n) is 3.75. The summed E-state index contributed by atoms with van der Waals surface area (Å²) in [5.41, 5.74) is 0. The number of nitrogens with one attached hydrogen (secondary N) is 2. The van der Waals surface area contributed by atoms with Crippen LogP contribution in [0.25, 0.3) is 0 Å². The van der Waals surface area contributed by atoms with E-state index in [1.807, 2.05) is 0 Å². The van der Waals surface area contributed by atoms with E-state index in [-0.39, 0.29) is 0 Å². The van der Waals surface area contributed by atoms with Gasteiger partial charge in [-0.25, -0.2) is 0 Å². The predicted molar refractivity (Wildman–Crippen MR) is 49.3 cm³/mol. The van der Waals surface area contributed by atoms with Gasteiger partial charge in [0.05, 0.1) is 6.04 Å². The summed E-state index contributed by atoms with van der Waals surface area (Å²) in [5, 5.41) is 7.09. The molecule has 0 aromatic rings. The van der Waals surface area contributed by atoms with Crippen molar-refractivity contribution >= 4 is 17.3 Å². The zero-order valence-corrected chi connectivity index (χ0v) is 6.90. The molecule has 2 N–H and O–H groups in total. The second-order valence-electron chi connectivity index (χ2n) is 2.81. The Kier molecular flexibility index (Phi) is 1.66. The molecular formula is C8H10N2S. The maximum absolute atomic E-state index is 4.99. The van der Waals surface area contributed by atoms with E-state index in [9.17, 15) is 0 Å². The fourth-order valence-corrected chi connectivity index (χ4v) is 1.64. The number of hydrogen-bond acceptors (Lipinski definition) is 1. The van der Waals surface area contributed by atoms with Crippen LogP contribution in [0.2, 0.25) is 0 Å². The lowest BCUT2D eigenvalue weighted by Crippen LogP contribution is -2.53. The molecule has 11 heavy (non-hydrogen) atoms. The van der Waals surface area contributed by atoms with Gasteiger partial charge in [-0.2, -0.15) is 0 Å². The largest absolute Gasteiger partial charge is 0.362 e. The minimum absolute atomic E-state index is 0.411. The molecule has 0 saturated carbocycles. The molecule has 0 radical (unpaired) electrons. The van der Waals surface area contributed by atoms with E-state index in [2.05, 4.69) is 34.9 Å². The molecule has 2 atom stereocenters. The number of thiocarbonyl (C=S) groups is 1. The van der Waals surface area contributed by atoms with Gasteiger partial charge in [-0.1, -0.05) is 24.3 Å². The van der Waals surface area contributed by atoms with E-state index in [0.29, 0.717) is 12.0 Å². The van der Waals surface area contributed by atoms with Crippen molar-refractivity contribution in [2.24, 2.45) is 5.92 Å². The number of hydrogen-bond donors (Lipinski definition) is 2. The lowest BCUT2D eigenvalue weighted by atomic mass is 9.94. The molecule has 2 rings (SSSR count). The monoisotopic (exact) mass is 166 g/mol. The smallest absolute Gasteiger partial charge is 0.166 e. The standard InChI is InChI=1S/C8H10N2S/c11-8-9-5-6-3-1-2-4-7(6)10-8/h1-4,6-7H,5H2,(H2,9,10,11). The molecule has 2 unspecified atom stereocenters. The van der Waals surface area contributed by atoms with Crippen LogP contribution in [0.4, 0.5) is 0 Å². The normalized spacial score (nSPS) is 34.0. The lowest BCUT2D eigenvalue weighted by Gasteiger charge is -2.32. The molecule has 2 aliphatic rings. The Labute approximate surface area is 71.4 Å². The van der Waals surface area contributed by atoms with Crippen LogP contribution >= 0.6 is 12.2 Å². The van der Waals surface area contributed by atoms with Crippen molar-refractivity contribution in [2.75, 3.05) is 6.54 Å². The summed E-state index contributed by atoms with van der Waals surface area (Å²) in [5.74, 6) is 0.562. The van der Waals surface area contributed by atoms with E-state index in [1.54, 1.807) is 0 Å². The highest BCUT2D eigenvalue weighted by molar-refractivity contribution is 7.80. The first-order valence-corrected chi connectivity index (χ1v) is 4.16. The van der Waals surface area contributed by atoms with Crippen LogP contribution < -0.4 is 10.6 Å². The third-order valence-corrected chi connectivity index (χ3v) is 2.31. The van der Waals surface area contributed by atoms with Gasteiger partial charge < -0.3 is 10.6 Å². The molecule has 0 aromatic heterocycles. The summed E-state index contributed by atoms with van der Waals surface area (Å²) in [7, 11) is 0. The van der Waals surface area contributed by atoms with Gasteiger partial charge in [0.1, 0.15) is 0 Å². The molecular weight excluding hydrogens is 156 g/mol. The lowest BCUT2D eigenvalue weighted by molar-refractivity contribution is 0.481. The van der Waals surface area contributed by atoms with E-state index in [1.165, 1.54) is 0 Å². The van der Waals surface area contributed by atoms with Gasteiger partial charge in [0.15, 0.2) is 5.11 Å². The summed E-state index contributed by atoms with van der Waals surface area (Å²) < 4.78 is 0. The van der Waals surface area contributed by atoms with Crippen LogP contribution in [0.1, 0.15) is 0 Å². The average molecular weight is 166 g/mol. The Morgan fingerprint density at radius 1 is 1.36 bits per heavy atom.